The first-order valence-corrected chi connectivity index (χ1v) is 10.1. The first kappa shape index (κ1) is 20.9. The predicted octanol–water partition coefficient (Wildman–Crippen LogP) is 3.69. The van der Waals surface area contributed by atoms with E-state index in [0.29, 0.717) is 24.6 Å². The van der Waals surface area contributed by atoms with Gasteiger partial charge in [-0.1, -0.05) is 31.2 Å². The Labute approximate surface area is 172 Å². The molecule has 1 saturated heterocycles. The molecule has 1 aliphatic heterocycles. The van der Waals surface area contributed by atoms with Gasteiger partial charge in [0.05, 0.1) is 24.6 Å². The largest absolute Gasteiger partial charge is 0.378 e. The molecule has 1 heterocycles. The number of carbonyl (C=O) groups is 2. The molecule has 6 nitrogen and oxygen atoms in total. The molecule has 2 N–H and O–H groups in total. The number of rotatable bonds is 6. The van der Waals surface area contributed by atoms with E-state index in [9.17, 15) is 9.59 Å². The highest BCUT2D eigenvalue weighted by atomic mass is 16.5. The molecule has 0 aliphatic carbocycles. The van der Waals surface area contributed by atoms with E-state index in [4.69, 9.17) is 4.74 Å². The Morgan fingerprint density at radius 2 is 1.59 bits per heavy atom. The van der Waals surface area contributed by atoms with Crippen LogP contribution in [0.25, 0.3) is 0 Å². The molecule has 29 heavy (non-hydrogen) atoms. The van der Waals surface area contributed by atoms with Gasteiger partial charge in [-0.25, -0.2) is 0 Å². The van der Waals surface area contributed by atoms with Crippen LogP contribution in [-0.2, 0) is 20.7 Å². The fourth-order valence-electron chi connectivity index (χ4n) is 3.15. The number of ether oxygens (including phenoxy) is 1. The first-order valence-electron chi connectivity index (χ1n) is 10.1. The topological polar surface area (TPSA) is 70.7 Å². The molecular formula is C23H29N3O3. The zero-order valence-electron chi connectivity index (χ0n) is 17.3. The summed E-state index contributed by atoms with van der Waals surface area (Å²) in [5, 5.41) is 5.80. The number of anilines is 3. The van der Waals surface area contributed by atoms with Gasteiger partial charge in [-0.3, -0.25) is 9.59 Å². The van der Waals surface area contributed by atoms with Crippen molar-refractivity contribution in [3.63, 3.8) is 0 Å². The van der Waals surface area contributed by atoms with Crippen LogP contribution in [0.3, 0.4) is 0 Å². The maximum atomic E-state index is 13.0. The van der Waals surface area contributed by atoms with Crippen molar-refractivity contribution < 1.29 is 14.3 Å². The van der Waals surface area contributed by atoms with E-state index in [1.807, 2.05) is 48.5 Å². The Hall–Kier alpha value is -2.86. The Bertz CT molecular complexity index is 856. The lowest BCUT2D eigenvalue weighted by Crippen LogP contribution is -2.42. The molecule has 0 aromatic heterocycles. The average Bonchev–Trinajstić information content (AvgIpc) is 2.75. The van der Waals surface area contributed by atoms with Crippen molar-refractivity contribution in [2.45, 2.75) is 27.2 Å². The number of hydrogen-bond donors (Lipinski definition) is 2. The Morgan fingerprint density at radius 1 is 0.966 bits per heavy atom. The Morgan fingerprint density at radius 3 is 2.24 bits per heavy atom. The first-order chi connectivity index (χ1) is 13.9. The van der Waals surface area contributed by atoms with Gasteiger partial charge in [-0.2, -0.15) is 0 Å². The predicted molar refractivity (Wildman–Crippen MR) is 116 cm³/mol. The lowest BCUT2D eigenvalue weighted by molar-refractivity contribution is -0.135. The highest BCUT2D eigenvalue weighted by Gasteiger charge is 2.36. The summed E-state index contributed by atoms with van der Waals surface area (Å²) in [6.45, 7) is 8.20. The van der Waals surface area contributed by atoms with Gasteiger partial charge in [-0.05, 0) is 50.1 Å². The van der Waals surface area contributed by atoms with Crippen LogP contribution >= 0.6 is 0 Å². The van der Waals surface area contributed by atoms with Crippen LogP contribution < -0.4 is 15.5 Å². The molecule has 6 heteroatoms. The second kappa shape index (κ2) is 9.09. The third-order valence-corrected chi connectivity index (χ3v) is 5.26. The Balaban J connectivity index is 1.71. The zero-order valence-corrected chi connectivity index (χ0v) is 17.3. The second-order valence-corrected chi connectivity index (χ2v) is 7.70. The summed E-state index contributed by atoms with van der Waals surface area (Å²) < 4.78 is 5.42. The molecular weight excluding hydrogens is 366 g/mol. The van der Waals surface area contributed by atoms with E-state index in [0.717, 1.165) is 25.2 Å². The van der Waals surface area contributed by atoms with E-state index >= 15 is 0 Å². The fourth-order valence-corrected chi connectivity index (χ4v) is 3.15. The summed E-state index contributed by atoms with van der Waals surface area (Å²) in [6, 6.07) is 15.3. The normalized spacial score (nSPS) is 14.4. The number of nitrogens with zero attached hydrogens (tertiary/aromatic N) is 1. The molecule has 0 saturated carbocycles. The smallest absolute Gasteiger partial charge is 0.239 e. The number of amides is 2. The molecule has 0 spiro atoms. The lowest BCUT2D eigenvalue weighted by Gasteiger charge is -2.31. The van der Waals surface area contributed by atoms with Crippen molar-refractivity contribution in [3.05, 3.63) is 54.1 Å². The standard InChI is InChI=1S/C23H29N3O3/c1-4-17-9-11-18(12-10-17)24-21(27)23(2,3)22(28)25-19-7-5-6-8-20(19)26-13-15-29-16-14-26/h5-12H,4,13-16H2,1-3H3,(H,24,27)(H,25,28). The van der Waals surface area contributed by atoms with Gasteiger partial charge >= 0.3 is 0 Å². The van der Waals surface area contributed by atoms with Gasteiger partial charge < -0.3 is 20.3 Å². The van der Waals surface area contributed by atoms with Crippen molar-refractivity contribution in [3.8, 4) is 0 Å². The second-order valence-electron chi connectivity index (χ2n) is 7.70. The summed E-state index contributed by atoms with van der Waals surface area (Å²) in [4.78, 5) is 28.0. The number of aryl methyl sites for hydroxylation is 1. The summed E-state index contributed by atoms with van der Waals surface area (Å²) >= 11 is 0. The van der Waals surface area contributed by atoms with Gasteiger partial charge in [0.25, 0.3) is 0 Å². The summed E-state index contributed by atoms with van der Waals surface area (Å²) in [6.07, 6.45) is 0.935. The van der Waals surface area contributed by atoms with E-state index < -0.39 is 5.41 Å². The van der Waals surface area contributed by atoms with Crippen LogP contribution in [0.2, 0.25) is 0 Å². The monoisotopic (exact) mass is 395 g/mol. The molecule has 0 radical (unpaired) electrons. The number of para-hydroxylation sites is 2. The Kier molecular flexibility index (Phi) is 6.54. The molecule has 0 bridgehead atoms. The molecule has 2 aromatic rings. The van der Waals surface area contributed by atoms with Gasteiger partial charge in [-0.15, -0.1) is 0 Å². The molecule has 2 aromatic carbocycles. The van der Waals surface area contributed by atoms with Crippen molar-refractivity contribution in [1.29, 1.82) is 0 Å². The number of nitrogens with one attached hydrogen (secondary N) is 2. The van der Waals surface area contributed by atoms with Crippen molar-refractivity contribution in [2.75, 3.05) is 41.8 Å². The minimum atomic E-state index is -1.23. The minimum Gasteiger partial charge on any atom is -0.378 e. The zero-order chi connectivity index (χ0) is 20.9. The third kappa shape index (κ3) is 4.95. The van der Waals surface area contributed by atoms with Gasteiger partial charge in [0.1, 0.15) is 5.41 Å². The molecule has 1 aliphatic rings. The quantitative estimate of drug-likeness (QED) is 0.732. The maximum absolute atomic E-state index is 13.0. The van der Waals surface area contributed by atoms with Crippen LogP contribution in [-0.4, -0.2) is 38.1 Å². The lowest BCUT2D eigenvalue weighted by atomic mass is 9.90. The van der Waals surface area contributed by atoms with Crippen molar-refractivity contribution >= 4 is 28.9 Å². The molecule has 154 valence electrons. The SMILES string of the molecule is CCc1ccc(NC(=O)C(C)(C)C(=O)Nc2ccccc2N2CCOCC2)cc1. The average molecular weight is 396 g/mol. The molecule has 3 rings (SSSR count). The maximum Gasteiger partial charge on any atom is 0.239 e. The van der Waals surface area contributed by atoms with Crippen molar-refractivity contribution in [1.82, 2.24) is 0 Å². The van der Waals surface area contributed by atoms with E-state index in [2.05, 4.69) is 22.5 Å². The number of carbonyl (C=O) groups excluding carboxylic acids is 2. The highest BCUT2D eigenvalue weighted by molar-refractivity contribution is 6.14. The van der Waals surface area contributed by atoms with E-state index in [1.54, 1.807) is 13.8 Å². The van der Waals surface area contributed by atoms with Gasteiger partial charge in [0.2, 0.25) is 11.8 Å². The highest BCUT2D eigenvalue weighted by Crippen LogP contribution is 2.29. The summed E-state index contributed by atoms with van der Waals surface area (Å²) in [5.74, 6) is -0.691. The van der Waals surface area contributed by atoms with Crippen LogP contribution in [0.1, 0.15) is 26.3 Å². The van der Waals surface area contributed by atoms with Crippen LogP contribution in [0.4, 0.5) is 17.1 Å². The molecule has 2 amide bonds. The molecule has 1 fully saturated rings. The van der Waals surface area contributed by atoms with Crippen LogP contribution in [0.15, 0.2) is 48.5 Å². The fraction of sp³-hybridized carbons (Fsp3) is 0.391. The molecule has 0 unspecified atom stereocenters. The summed E-state index contributed by atoms with van der Waals surface area (Å²) in [7, 11) is 0. The summed E-state index contributed by atoms with van der Waals surface area (Å²) in [5.41, 5.74) is 2.28. The van der Waals surface area contributed by atoms with E-state index in [1.165, 1.54) is 5.56 Å². The minimum absolute atomic E-state index is 0.344. The molecule has 0 atom stereocenters. The third-order valence-electron chi connectivity index (χ3n) is 5.26. The number of morpholine rings is 1. The van der Waals surface area contributed by atoms with Crippen molar-refractivity contribution in [2.24, 2.45) is 5.41 Å². The van der Waals surface area contributed by atoms with E-state index in [-0.39, 0.29) is 11.8 Å². The van der Waals surface area contributed by atoms with Gasteiger partial charge in [0, 0.05) is 18.8 Å². The number of hydrogen-bond acceptors (Lipinski definition) is 4. The number of benzene rings is 2. The van der Waals surface area contributed by atoms with Crippen LogP contribution in [0.5, 0.6) is 0 Å². The van der Waals surface area contributed by atoms with Gasteiger partial charge in [0.15, 0.2) is 0 Å². The van der Waals surface area contributed by atoms with Crippen LogP contribution in [0, 0.1) is 5.41 Å².